The molecule has 1 rings (SSSR count). The van der Waals surface area contributed by atoms with Crippen molar-refractivity contribution in [3.05, 3.63) is 6.92 Å². The number of hydrogen-bond acceptors (Lipinski definition) is 1. The molecule has 1 radical (unpaired) electrons. The largest absolute Gasteiger partial charge is 0.378 e. The van der Waals surface area contributed by atoms with E-state index in [0.717, 1.165) is 18.6 Å². The average Bonchev–Trinajstić information content (AvgIpc) is 2.07. The van der Waals surface area contributed by atoms with Crippen LogP contribution in [0.1, 0.15) is 25.7 Å². The van der Waals surface area contributed by atoms with E-state index in [-0.39, 0.29) is 0 Å². The lowest BCUT2D eigenvalue weighted by atomic mass is 10.0. The van der Waals surface area contributed by atoms with Crippen LogP contribution >= 0.6 is 0 Å². The van der Waals surface area contributed by atoms with E-state index in [4.69, 9.17) is 4.74 Å². The Morgan fingerprint density at radius 2 is 2.25 bits per heavy atom. The summed E-state index contributed by atoms with van der Waals surface area (Å²) in [5, 5.41) is 0. The lowest BCUT2D eigenvalue weighted by Crippen LogP contribution is -2.30. The van der Waals surface area contributed by atoms with E-state index in [1.807, 2.05) is 0 Å². The lowest BCUT2D eigenvalue weighted by Gasteiger charge is -2.31. The van der Waals surface area contributed by atoms with E-state index in [9.17, 15) is 0 Å². The van der Waals surface area contributed by atoms with Crippen LogP contribution in [-0.2, 0) is 4.74 Å². The molecule has 2 heteroatoms. The van der Waals surface area contributed by atoms with Crippen LogP contribution in [0, 0.1) is 6.92 Å². The fourth-order valence-corrected chi connectivity index (χ4v) is 3.88. The fourth-order valence-electron chi connectivity index (χ4n) is 2.05. The van der Waals surface area contributed by atoms with Crippen LogP contribution in [0.5, 0.6) is 0 Å². The Morgan fingerprint density at radius 1 is 1.50 bits per heavy atom. The lowest BCUT2D eigenvalue weighted by molar-refractivity contribution is 0.0113. The van der Waals surface area contributed by atoms with Crippen molar-refractivity contribution in [2.75, 3.05) is 6.61 Å². The zero-order valence-corrected chi connectivity index (χ0v) is 9.54. The second-order valence-corrected chi connectivity index (χ2v) is 7.45. The molecule has 0 aromatic heterocycles. The predicted molar refractivity (Wildman–Crippen MR) is 56.2 cm³/mol. The maximum atomic E-state index is 5.79. The van der Waals surface area contributed by atoms with Crippen molar-refractivity contribution in [3.8, 4) is 0 Å². The van der Waals surface area contributed by atoms with Crippen molar-refractivity contribution in [3.63, 3.8) is 0 Å². The molecule has 2 atom stereocenters. The van der Waals surface area contributed by atoms with Crippen molar-refractivity contribution in [2.24, 2.45) is 0 Å². The summed E-state index contributed by atoms with van der Waals surface area (Å²) >= 11 is 0. The average molecular weight is 185 g/mol. The summed E-state index contributed by atoms with van der Waals surface area (Å²) in [6, 6.07) is 0. The molecular formula is C10H21OSi. The SMILES string of the molecule is [CH2]CC(C1CCCCO1)[SiH](C)C. The maximum Gasteiger partial charge on any atom is 0.0577 e. The van der Waals surface area contributed by atoms with Crippen molar-refractivity contribution < 1.29 is 4.74 Å². The van der Waals surface area contributed by atoms with E-state index >= 15 is 0 Å². The molecule has 0 amide bonds. The van der Waals surface area contributed by atoms with Gasteiger partial charge in [0.1, 0.15) is 0 Å². The topological polar surface area (TPSA) is 9.23 Å². The van der Waals surface area contributed by atoms with Gasteiger partial charge in [0.2, 0.25) is 0 Å². The molecule has 0 spiro atoms. The van der Waals surface area contributed by atoms with Crippen LogP contribution in [-0.4, -0.2) is 21.5 Å². The summed E-state index contributed by atoms with van der Waals surface area (Å²) < 4.78 is 5.79. The summed E-state index contributed by atoms with van der Waals surface area (Å²) in [6.07, 6.45) is 5.55. The second kappa shape index (κ2) is 5.03. The number of hydrogen-bond donors (Lipinski definition) is 0. The van der Waals surface area contributed by atoms with Gasteiger partial charge in [-0.1, -0.05) is 26.4 Å². The molecule has 0 N–H and O–H groups in total. The first-order valence-electron chi connectivity index (χ1n) is 5.16. The normalized spacial score (nSPS) is 27.5. The summed E-state index contributed by atoms with van der Waals surface area (Å²) in [7, 11) is -0.546. The molecular weight excluding hydrogens is 164 g/mol. The third-order valence-corrected chi connectivity index (χ3v) is 5.36. The van der Waals surface area contributed by atoms with Gasteiger partial charge in [0.25, 0.3) is 0 Å². The molecule has 0 saturated carbocycles. The maximum absolute atomic E-state index is 5.79. The molecule has 12 heavy (non-hydrogen) atoms. The number of ether oxygens (including phenoxy) is 1. The molecule has 1 nitrogen and oxygen atoms in total. The molecule has 1 heterocycles. The van der Waals surface area contributed by atoms with Crippen LogP contribution in [0.25, 0.3) is 0 Å². The van der Waals surface area contributed by atoms with Gasteiger partial charge in [-0.2, -0.15) is 0 Å². The quantitative estimate of drug-likeness (QED) is 0.614. The Kier molecular flexibility index (Phi) is 4.30. The summed E-state index contributed by atoms with van der Waals surface area (Å²) in [5.74, 6) is 0. The van der Waals surface area contributed by atoms with Crippen molar-refractivity contribution in [1.82, 2.24) is 0 Å². The van der Waals surface area contributed by atoms with Gasteiger partial charge in [0, 0.05) is 15.4 Å². The van der Waals surface area contributed by atoms with E-state index in [2.05, 4.69) is 20.0 Å². The smallest absolute Gasteiger partial charge is 0.0577 e. The van der Waals surface area contributed by atoms with Crippen LogP contribution in [0.3, 0.4) is 0 Å². The van der Waals surface area contributed by atoms with Crippen molar-refractivity contribution >= 4 is 8.80 Å². The van der Waals surface area contributed by atoms with Gasteiger partial charge in [0.15, 0.2) is 0 Å². The van der Waals surface area contributed by atoms with E-state index in [1.54, 1.807) is 0 Å². The molecule has 0 bridgehead atoms. The van der Waals surface area contributed by atoms with E-state index < -0.39 is 8.80 Å². The summed E-state index contributed by atoms with van der Waals surface area (Å²) in [5.41, 5.74) is 0.810. The molecule has 1 fully saturated rings. The fraction of sp³-hybridized carbons (Fsp3) is 0.900. The summed E-state index contributed by atoms with van der Waals surface area (Å²) in [4.78, 5) is 0. The highest BCUT2D eigenvalue weighted by molar-refractivity contribution is 6.57. The van der Waals surface area contributed by atoms with Gasteiger partial charge >= 0.3 is 0 Å². The number of rotatable bonds is 3. The van der Waals surface area contributed by atoms with Crippen molar-refractivity contribution in [2.45, 2.75) is 50.4 Å². The highest BCUT2D eigenvalue weighted by Gasteiger charge is 2.25. The third-order valence-electron chi connectivity index (χ3n) is 2.88. The zero-order chi connectivity index (χ0) is 8.97. The van der Waals surface area contributed by atoms with Gasteiger partial charge in [-0.05, 0) is 24.8 Å². The Labute approximate surface area is 78.1 Å². The first-order valence-corrected chi connectivity index (χ1v) is 8.14. The Morgan fingerprint density at radius 3 is 2.67 bits per heavy atom. The van der Waals surface area contributed by atoms with Gasteiger partial charge < -0.3 is 4.74 Å². The molecule has 0 aromatic carbocycles. The van der Waals surface area contributed by atoms with Crippen LogP contribution in [0.15, 0.2) is 0 Å². The standard InChI is InChI=1S/C10H21OSi/c1-4-10(12(2)3)9-7-5-6-8-11-9/h9-10,12H,1,4-8H2,2-3H3. The molecule has 1 aliphatic heterocycles. The van der Waals surface area contributed by atoms with E-state index in [0.29, 0.717) is 6.10 Å². The Bertz CT molecular complexity index is 119. The second-order valence-electron chi connectivity index (χ2n) is 4.10. The molecule has 0 aliphatic carbocycles. The Hall–Kier alpha value is 0.177. The third kappa shape index (κ3) is 2.59. The molecule has 0 aromatic rings. The molecule has 2 unspecified atom stereocenters. The molecule has 71 valence electrons. The van der Waals surface area contributed by atoms with Crippen LogP contribution < -0.4 is 0 Å². The van der Waals surface area contributed by atoms with Gasteiger partial charge in [-0.25, -0.2) is 0 Å². The van der Waals surface area contributed by atoms with Crippen LogP contribution in [0.2, 0.25) is 18.6 Å². The van der Waals surface area contributed by atoms with E-state index in [1.165, 1.54) is 19.3 Å². The Balaban J connectivity index is 2.40. The highest BCUT2D eigenvalue weighted by atomic mass is 28.3. The molecule has 1 aliphatic rings. The minimum Gasteiger partial charge on any atom is -0.378 e. The monoisotopic (exact) mass is 185 g/mol. The van der Waals surface area contributed by atoms with Gasteiger partial charge in [0.05, 0.1) is 6.10 Å². The minimum atomic E-state index is -0.546. The first kappa shape index (κ1) is 10.3. The summed E-state index contributed by atoms with van der Waals surface area (Å²) in [6.45, 7) is 9.85. The minimum absolute atomic E-state index is 0.546. The van der Waals surface area contributed by atoms with Gasteiger partial charge in [-0.3, -0.25) is 0 Å². The van der Waals surface area contributed by atoms with Crippen LogP contribution in [0.4, 0.5) is 0 Å². The molecule has 1 saturated heterocycles. The predicted octanol–water partition coefficient (Wildman–Crippen LogP) is 2.64. The van der Waals surface area contributed by atoms with Gasteiger partial charge in [-0.15, -0.1) is 0 Å². The first-order chi connectivity index (χ1) is 5.75. The zero-order valence-electron chi connectivity index (χ0n) is 8.38. The highest BCUT2D eigenvalue weighted by Crippen LogP contribution is 2.29. The van der Waals surface area contributed by atoms with Crippen molar-refractivity contribution in [1.29, 1.82) is 0 Å².